The van der Waals surface area contributed by atoms with Gasteiger partial charge in [0.05, 0.1) is 27.9 Å². The minimum absolute atomic E-state index is 0.241. The Morgan fingerprint density at radius 3 is 2.22 bits per heavy atom. The van der Waals surface area contributed by atoms with E-state index in [0.29, 0.717) is 39.9 Å². The summed E-state index contributed by atoms with van der Waals surface area (Å²) < 4.78 is 11.1. The number of hydrogen-bond acceptors (Lipinski definition) is 5. The molecule has 3 amide bonds. The quantitative estimate of drug-likeness (QED) is 0.144. The lowest BCUT2D eigenvalue weighted by molar-refractivity contribution is -0.119. The van der Waals surface area contributed by atoms with Crippen LogP contribution in [0.1, 0.15) is 41.7 Å². The van der Waals surface area contributed by atoms with Crippen LogP contribution in [0.2, 0.25) is 10.0 Å². The molecule has 1 heterocycles. The van der Waals surface area contributed by atoms with Gasteiger partial charge < -0.3 is 14.4 Å². The van der Waals surface area contributed by atoms with Gasteiger partial charge in [-0.2, -0.15) is 0 Å². The minimum Gasteiger partial charge on any atom is -0.494 e. The monoisotopic (exact) mass is 526 g/mol. The molecule has 0 spiro atoms. The topological polar surface area (TPSA) is 76.1 Å². The zero-order chi connectivity index (χ0) is 25.8. The number of benzene rings is 3. The highest BCUT2D eigenvalue weighted by Gasteiger charge is 2.44. The van der Waals surface area contributed by atoms with Gasteiger partial charge in [-0.05, 0) is 66.6 Å². The standard InChI is InChI=1S/C27H24Cl2N2O5/c1-3-4-15-35-20-10-7-18(8-11-20)26(33)36-21-12-5-17(6-13-21)24-25(32)31(27(34)30(24)2)19-9-14-22(28)23(29)16-19/h5-14,16,24H,3-4,15H2,1-2H3. The summed E-state index contributed by atoms with van der Waals surface area (Å²) >= 11 is 12.0. The van der Waals surface area contributed by atoms with Crippen LogP contribution < -0.4 is 14.4 Å². The number of urea groups is 1. The third kappa shape index (κ3) is 5.32. The molecule has 1 atom stereocenters. The Kier molecular flexibility index (Phi) is 7.82. The van der Waals surface area contributed by atoms with Crippen molar-refractivity contribution >= 4 is 46.8 Å². The number of hydrogen-bond donors (Lipinski definition) is 0. The Hall–Kier alpha value is -3.55. The number of anilines is 1. The minimum atomic E-state index is -0.836. The van der Waals surface area contributed by atoms with Crippen LogP contribution >= 0.6 is 23.2 Å². The number of imide groups is 1. The molecule has 9 heteroatoms. The highest BCUT2D eigenvalue weighted by molar-refractivity contribution is 6.42. The summed E-state index contributed by atoms with van der Waals surface area (Å²) in [6, 6.07) is 16.5. The van der Waals surface area contributed by atoms with Gasteiger partial charge >= 0.3 is 12.0 Å². The van der Waals surface area contributed by atoms with Crippen LogP contribution in [0, 0.1) is 0 Å². The number of carbonyl (C=O) groups is 3. The van der Waals surface area contributed by atoms with Crippen molar-refractivity contribution in [3.05, 3.63) is 87.9 Å². The molecule has 3 aromatic carbocycles. The van der Waals surface area contributed by atoms with Gasteiger partial charge in [-0.15, -0.1) is 0 Å². The first-order chi connectivity index (χ1) is 17.3. The second-order valence-electron chi connectivity index (χ2n) is 8.25. The van der Waals surface area contributed by atoms with Gasteiger partial charge in [0.25, 0.3) is 5.91 Å². The van der Waals surface area contributed by atoms with Crippen molar-refractivity contribution in [2.24, 2.45) is 0 Å². The van der Waals surface area contributed by atoms with E-state index >= 15 is 0 Å². The van der Waals surface area contributed by atoms with E-state index in [1.54, 1.807) is 61.6 Å². The molecule has 36 heavy (non-hydrogen) atoms. The number of rotatable bonds is 8. The number of halogens is 2. The number of likely N-dealkylation sites (N-methyl/N-ethyl adjacent to an activating group) is 1. The zero-order valence-corrected chi connectivity index (χ0v) is 21.3. The average Bonchev–Trinajstić information content (AvgIpc) is 3.10. The van der Waals surface area contributed by atoms with E-state index in [2.05, 4.69) is 6.92 Å². The highest BCUT2D eigenvalue weighted by atomic mass is 35.5. The van der Waals surface area contributed by atoms with Gasteiger partial charge in [0.2, 0.25) is 0 Å². The smallest absolute Gasteiger partial charge is 0.343 e. The van der Waals surface area contributed by atoms with Crippen LogP contribution in [0.5, 0.6) is 11.5 Å². The lowest BCUT2D eigenvalue weighted by Gasteiger charge is -2.16. The predicted octanol–water partition coefficient (Wildman–Crippen LogP) is 6.53. The Labute approximate surface area is 219 Å². The van der Waals surface area contributed by atoms with E-state index < -0.39 is 23.9 Å². The zero-order valence-electron chi connectivity index (χ0n) is 19.7. The normalized spacial score (nSPS) is 15.4. The third-order valence-electron chi connectivity index (χ3n) is 5.76. The first-order valence-electron chi connectivity index (χ1n) is 11.4. The van der Waals surface area contributed by atoms with Gasteiger partial charge in [0.1, 0.15) is 17.5 Å². The fourth-order valence-corrected chi connectivity index (χ4v) is 4.08. The molecule has 1 aliphatic rings. The fourth-order valence-electron chi connectivity index (χ4n) is 3.78. The molecular formula is C27H24Cl2N2O5. The lowest BCUT2D eigenvalue weighted by Crippen LogP contribution is -2.31. The third-order valence-corrected chi connectivity index (χ3v) is 6.50. The fraction of sp³-hybridized carbons (Fsp3) is 0.222. The number of amides is 3. The first-order valence-corrected chi connectivity index (χ1v) is 12.2. The van der Waals surface area contributed by atoms with E-state index in [1.807, 2.05) is 0 Å². The largest absolute Gasteiger partial charge is 0.494 e. The molecule has 1 unspecified atom stereocenters. The molecule has 1 aliphatic heterocycles. The summed E-state index contributed by atoms with van der Waals surface area (Å²) in [6.45, 7) is 2.72. The van der Waals surface area contributed by atoms with Gasteiger partial charge in [0.15, 0.2) is 0 Å². The molecule has 0 radical (unpaired) electrons. The maximum Gasteiger partial charge on any atom is 0.343 e. The lowest BCUT2D eigenvalue weighted by atomic mass is 10.1. The van der Waals surface area contributed by atoms with E-state index in [1.165, 1.54) is 17.0 Å². The van der Waals surface area contributed by atoms with Crippen LogP contribution in [0.3, 0.4) is 0 Å². The number of unbranched alkanes of at least 4 members (excludes halogenated alkanes) is 1. The Morgan fingerprint density at radius 1 is 0.917 bits per heavy atom. The first kappa shape index (κ1) is 25.5. The SMILES string of the molecule is CCCCOc1ccc(C(=O)Oc2ccc(C3C(=O)N(c4ccc(Cl)c(Cl)c4)C(=O)N3C)cc2)cc1. The van der Waals surface area contributed by atoms with Crippen LogP contribution in [0.15, 0.2) is 66.7 Å². The summed E-state index contributed by atoms with van der Waals surface area (Å²) in [5.41, 5.74) is 1.29. The van der Waals surface area contributed by atoms with Crippen molar-refractivity contribution in [2.45, 2.75) is 25.8 Å². The number of ether oxygens (including phenoxy) is 2. The molecule has 1 saturated heterocycles. The Bertz CT molecular complexity index is 1280. The van der Waals surface area contributed by atoms with Crippen molar-refractivity contribution < 1.29 is 23.9 Å². The second kappa shape index (κ2) is 11.0. The molecule has 3 aromatic rings. The van der Waals surface area contributed by atoms with Crippen molar-refractivity contribution in [1.29, 1.82) is 0 Å². The second-order valence-corrected chi connectivity index (χ2v) is 9.07. The van der Waals surface area contributed by atoms with E-state index in [9.17, 15) is 14.4 Å². The molecule has 1 fully saturated rings. The number of carbonyl (C=O) groups excluding carboxylic acids is 3. The van der Waals surface area contributed by atoms with Gasteiger partial charge in [0, 0.05) is 7.05 Å². The van der Waals surface area contributed by atoms with Crippen molar-refractivity contribution in [2.75, 3.05) is 18.6 Å². The maximum absolute atomic E-state index is 13.2. The maximum atomic E-state index is 13.2. The van der Waals surface area contributed by atoms with Crippen molar-refractivity contribution in [3.63, 3.8) is 0 Å². The molecule has 0 saturated carbocycles. The van der Waals surface area contributed by atoms with Crippen molar-refractivity contribution in [3.8, 4) is 11.5 Å². The van der Waals surface area contributed by atoms with Gasteiger partial charge in [-0.3, -0.25) is 4.79 Å². The molecular weight excluding hydrogens is 503 g/mol. The van der Waals surface area contributed by atoms with Crippen LogP contribution in [-0.2, 0) is 4.79 Å². The Balaban J connectivity index is 1.44. The molecule has 186 valence electrons. The molecule has 0 bridgehead atoms. The molecule has 0 aliphatic carbocycles. The molecule has 0 N–H and O–H groups in total. The van der Waals surface area contributed by atoms with E-state index in [4.69, 9.17) is 32.7 Å². The Morgan fingerprint density at radius 2 is 1.58 bits per heavy atom. The molecule has 0 aromatic heterocycles. The average molecular weight is 527 g/mol. The van der Waals surface area contributed by atoms with Gasteiger partial charge in [-0.1, -0.05) is 48.7 Å². The van der Waals surface area contributed by atoms with E-state index in [0.717, 1.165) is 17.7 Å². The number of nitrogens with zero attached hydrogens (tertiary/aromatic N) is 2. The predicted molar refractivity (Wildman–Crippen MR) is 138 cm³/mol. The van der Waals surface area contributed by atoms with Gasteiger partial charge in [-0.25, -0.2) is 14.5 Å². The summed E-state index contributed by atoms with van der Waals surface area (Å²) in [5, 5.41) is 0.566. The summed E-state index contributed by atoms with van der Waals surface area (Å²) in [7, 11) is 1.55. The summed E-state index contributed by atoms with van der Waals surface area (Å²) in [4.78, 5) is 41.0. The highest BCUT2D eigenvalue weighted by Crippen LogP contribution is 2.36. The molecule has 7 nitrogen and oxygen atoms in total. The van der Waals surface area contributed by atoms with Crippen LogP contribution in [0.4, 0.5) is 10.5 Å². The molecule has 4 rings (SSSR count). The van der Waals surface area contributed by atoms with E-state index in [-0.39, 0.29) is 5.02 Å². The van der Waals surface area contributed by atoms with Crippen LogP contribution in [0.25, 0.3) is 0 Å². The number of esters is 1. The van der Waals surface area contributed by atoms with Crippen LogP contribution in [-0.4, -0.2) is 36.5 Å². The van der Waals surface area contributed by atoms with Crippen molar-refractivity contribution in [1.82, 2.24) is 4.90 Å². The summed E-state index contributed by atoms with van der Waals surface area (Å²) in [5.74, 6) is 0.0664. The summed E-state index contributed by atoms with van der Waals surface area (Å²) in [6.07, 6.45) is 2.00.